The lowest BCUT2D eigenvalue weighted by Gasteiger charge is -2.07. The van der Waals surface area contributed by atoms with Crippen LogP contribution in [0.3, 0.4) is 0 Å². The summed E-state index contributed by atoms with van der Waals surface area (Å²) in [6, 6.07) is 0. The van der Waals surface area contributed by atoms with Gasteiger partial charge < -0.3 is 10.1 Å². The van der Waals surface area contributed by atoms with Crippen LogP contribution in [-0.2, 0) is 0 Å². The van der Waals surface area contributed by atoms with Gasteiger partial charge in [-0.15, -0.1) is 0 Å². The second-order valence-electron chi connectivity index (χ2n) is 8.44. The van der Waals surface area contributed by atoms with Crippen LogP contribution in [0, 0.1) is 0 Å². The average Bonchev–Trinajstić information content (AvgIpc) is 3.27. The van der Waals surface area contributed by atoms with Gasteiger partial charge in [0.25, 0.3) is 5.91 Å². The van der Waals surface area contributed by atoms with E-state index in [1.54, 1.807) is 0 Å². The van der Waals surface area contributed by atoms with E-state index in [4.69, 9.17) is 0 Å². The fourth-order valence-electron chi connectivity index (χ4n) is 4.80. The number of nitrogens with one attached hydrogen (secondary N) is 1. The summed E-state index contributed by atoms with van der Waals surface area (Å²) in [4.78, 5) is 20.4. The predicted octanol–water partition coefficient (Wildman–Crippen LogP) is 6.46. The molecule has 3 aliphatic rings. The summed E-state index contributed by atoms with van der Waals surface area (Å²) < 4.78 is 0. The summed E-state index contributed by atoms with van der Waals surface area (Å²) in [6.07, 6.45) is 20.7. The van der Waals surface area contributed by atoms with Gasteiger partial charge in [0, 0.05) is 0 Å². The lowest BCUT2D eigenvalue weighted by molar-refractivity contribution is 0.101. The highest BCUT2D eigenvalue weighted by Crippen LogP contribution is 2.39. The van der Waals surface area contributed by atoms with Gasteiger partial charge in [0.05, 0.1) is 22.5 Å². The number of aromatic nitrogens is 1. The summed E-state index contributed by atoms with van der Waals surface area (Å²) in [5, 5.41) is 10.7. The molecule has 0 saturated heterocycles. The Morgan fingerprint density at radius 1 is 0.750 bits per heavy atom. The molecule has 0 atom stereocenters. The molecule has 150 valence electrons. The molecule has 0 bridgehead atoms. The molecule has 4 nitrogen and oxygen atoms in total. The SMILES string of the molecule is O=C1N=C(/C2=C/CCCCCCC2)c2c(O)[nH]c(/C3=C/CCCCCCC3)c21. The minimum atomic E-state index is -0.196. The van der Waals surface area contributed by atoms with Gasteiger partial charge in [-0.3, -0.25) is 4.79 Å². The topological polar surface area (TPSA) is 65.4 Å². The third-order valence-corrected chi connectivity index (χ3v) is 6.35. The second kappa shape index (κ2) is 8.93. The maximum absolute atomic E-state index is 12.9. The minimum Gasteiger partial charge on any atom is -0.494 e. The Labute approximate surface area is 167 Å². The first-order valence-electron chi connectivity index (χ1n) is 11.2. The molecular weight excluding hydrogens is 348 g/mol. The number of aromatic hydroxyl groups is 1. The van der Waals surface area contributed by atoms with E-state index in [0.29, 0.717) is 16.8 Å². The molecule has 2 aliphatic carbocycles. The maximum atomic E-state index is 12.9. The van der Waals surface area contributed by atoms with Crippen LogP contribution in [0.4, 0.5) is 0 Å². The first-order chi connectivity index (χ1) is 13.8. The summed E-state index contributed by atoms with van der Waals surface area (Å²) >= 11 is 0. The Bertz CT molecular complexity index is 826. The van der Waals surface area contributed by atoms with Crippen molar-refractivity contribution < 1.29 is 9.90 Å². The van der Waals surface area contributed by atoms with Gasteiger partial charge in [-0.1, -0.05) is 50.7 Å². The van der Waals surface area contributed by atoms with Crippen LogP contribution in [-0.4, -0.2) is 21.7 Å². The first-order valence-corrected chi connectivity index (χ1v) is 11.2. The van der Waals surface area contributed by atoms with E-state index in [9.17, 15) is 9.90 Å². The second-order valence-corrected chi connectivity index (χ2v) is 8.44. The molecule has 28 heavy (non-hydrogen) atoms. The lowest BCUT2D eigenvalue weighted by atomic mass is 9.95. The van der Waals surface area contributed by atoms with E-state index < -0.39 is 0 Å². The number of aliphatic imine (C=N–C) groups is 1. The summed E-state index contributed by atoms with van der Waals surface area (Å²) in [5.74, 6) is -0.0887. The quantitative estimate of drug-likeness (QED) is 0.618. The van der Waals surface area contributed by atoms with E-state index in [1.807, 2.05) is 0 Å². The van der Waals surface area contributed by atoms with E-state index in [2.05, 4.69) is 22.1 Å². The molecule has 0 radical (unpaired) electrons. The number of hydrogen-bond donors (Lipinski definition) is 2. The standard InChI is InChI=1S/C24H32N2O2/c27-23-19-20(22(26-23)18-15-11-7-3-4-8-12-16-18)24(28)25-21(19)17-13-9-5-1-2-6-10-14-17/h13,15,25,28H,1-12,14,16H2/b17-13+,18-15+. The summed E-state index contributed by atoms with van der Waals surface area (Å²) in [6.45, 7) is 0. The molecule has 1 aromatic heterocycles. The highest BCUT2D eigenvalue weighted by Gasteiger charge is 2.34. The van der Waals surface area contributed by atoms with Crippen molar-refractivity contribution in [2.24, 2.45) is 4.99 Å². The van der Waals surface area contributed by atoms with Gasteiger partial charge in [-0.2, -0.15) is 0 Å². The number of allylic oxidation sites excluding steroid dienone is 4. The van der Waals surface area contributed by atoms with Crippen molar-refractivity contribution in [1.82, 2.24) is 4.98 Å². The van der Waals surface area contributed by atoms with Crippen LogP contribution in [0.25, 0.3) is 5.57 Å². The zero-order valence-electron chi connectivity index (χ0n) is 16.9. The summed E-state index contributed by atoms with van der Waals surface area (Å²) in [5.41, 5.74) is 5.07. The Morgan fingerprint density at radius 3 is 2.04 bits per heavy atom. The molecule has 0 saturated carbocycles. The van der Waals surface area contributed by atoms with Crippen LogP contribution in [0.1, 0.15) is 112 Å². The third kappa shape index (κ3) is 4.01. The molecule has 1 aromatic rings. The van der Waals surface area contributed by atoms with Crippen molar-refractivity contribution in [3.8, 4) is 5.88 Å². The zero-order chi connectivity index (χ0) is 19.3. The molecule has 2 N–H and O–H groups in total. The van der Waals surface area contributed by atoms with Crippen molar-refractivity contribution in [3.63, 3.8) is 0 Å². The van der Waals surface area contributed by atoms with Crippen LogP contribution in [0.15, 0.2) is 22.7 Å². The van der Waals surface area contributed by atoms with Gasteiger partial charge in [-0.05, 0) is 62.5 Å². The molecule has 0 aromatic carbocycles. The number of hydrogen-bond acceptors (Lipinski definition) is 2. The smallest absolute Gasteiger partial charge is 0.280 e. The Hall–Kier alpha value is -2.10. The highest BCUT2D eigenvalue weighted by atomic mass is 16.3. The van der Waals surface area contributed by atoms with Gasteiger partial charge in [0.2, 0.25) is 0 Å². The van der Waals surface area contributed by atoms with Crippen molar-refractivity contribution in [2.45, 2.75) is 89.9 Å². The largest absolute Gasteiger partial charge is 0.494 e. The predicted molar refractivity (Wildman–Crippen MR) is 114 cm³/mol. The van der Waals surface area contributed by atoms with E-state index in [-0.39, 0.29) is 11.8 Å². The van der Waals surface area contributed by atoms with Gasteiger partial charge in [-0.25, -0.2) is 4.99 Å². The Morgan fingerprint density at radius 2 is 1.32 bits per heavy atom. The fourth-order valence-corrected chi connectivity index (χ4v) is 4.80. The number of carbonyl (C=O) groups excluding carboxylic acids is 1. The Kier molecular flexibility index (Phi) is 6.13. The number of amides is 1. The van der Waals surface area contributed by atoms with Crippen molar-refractivity contribution in [3.05, 3.63) is 34.5 Å². The number of rotatable bonds is 2. The molecule has 0 unspecified atom stereocenters. The Balaban J connectivity index is 1.68. The molecule has 4 heteroatoms. The number of carbonyl (C=O) groups is 1. The summed E-state index contributed by atoms with van der Waals surface area (Å²) in [7, 11) is 0. The van der Waals surface area contributed by atoms with Crippen LogP contribution in [0.2, 0.25) is 0 Å². The number of fused-ring (bicyclic) bond motifs is 1. The van der Waals surface area contributed by atoms with E-state index >= 15 is 0 Å². The number of H-pyrrole nitrogens is 1. The maximum Gasteiger partial charge on any atom is 0.280 e. The highest BCUT2D eigenvalue weighted by molar-refractivity contribution is 6.29. The average molecular weight is 381 g/mol. The molecule has 0 fully saturated rings. The van der Waals surface area contributed by atoms with E-state index in [0.717, 1.165) is 49.8 Å². The normalized spacial score (nSPS) is 25.6. The molecule has 2 heterocycles. The van der Waals surface area contributed by atoms with Crippen molar-refractivity contribution in [2.75, 3.05) is 0 Å². The van der Waals surface area contributed by atoms with Gasteiger partial charge >= 0.3 is 0 Å². The minimum absolute atomic E-state index is 0.108. The first kappa shape index (κ1) is 19.2. The van der Waals surface area contributed by atoms with E-state index in [1.165, 1.54) is 56.9 Å². The van der Waals surface area contributed by atoms with Crippen LogP contribution < -0.4 is 0 Å². The van der Waals surface area contributed by atoms with Crippen LogP contribution >= 0.6 is 0 Å². The van der Waals surface area contributed by atoms with Crippen molar-refractivity contribution in [1.29, 1.82) is 0 Å². The molecule has 0 spiro atoms. The fraction of sp³-hybridized carbons (Fsp3) is 0.583. The molecular formula is C24H32N2O2. The number of nitrogens with zero attached hydrogens (tertiary/aromatic N) is 1. The van der Waals surface area contributed by atoms with Crippen LogP contribution in [0.5, 0.6) is 5.88 Å². The van der Waals surface area contributed by atoms with Crippen molar-refractivity contribution >= 4 is 17.2 Å². The molecule has 4 rings (SSSR count). The number of aromatic amines is 1. The van der Waals surface area contributed by atoms with Gasteiger partial charge in [0.15, 0.2) is 5.88 Å². The monoisotopic (exact) mass is 380 g/mol. The lowest BCUT2D eigenvalue weighted by Crippen LogP contribution is -2.03. The third-order valence-electron chi connectivity index (χ3n) is 6.35. The van der Waals surface area contributed by atoms with Gasteiger partial charge in [0.1, 0.15) is 0 Å². The molecule has 1 amide bonds. The zero-order valence-corrected chi connectivity index (χ0v) is 16.9. The molecule has 1 aliphatic heterocycles.